The van der Waals surface area contributed by atoms with Crippen LogP contribution < -0.4 is 14.8 Å². The van der Waals surface area contributed by atoms with Crippen LogP contribution in [0.4, 0.5) is 6.01 Å². The van der Waals surface area contributed by atoms with Gasteiger partial charge >= 0.3 is 6.01 Å². The van der Waals surface area contributed by atoms with Gasteiger partial charge in [0.1, 0.15) is 12.4 Å². The fourth-order valence-corrected chi connectivity index (χ4v) is 3.75. The molecule has 10 heteroatoms. The number of carbonyl (C=O) groups is 1. The van der Waals surface area contributed by atoms with Gasteiger partial charge in [-0.25, -0.2) is 8.42 Å². The molecule has 0 radical (unpaired) electrons. The predicted molar refractivity (Wildman–Crippen MR) is 96.6 cm³/mol. The highest BCUT2D eigenvalue weighted by molar-refractivity contribution is 7.90. The van der Waals surface area contributed by atoms with Crippen molar-refractivity contribution in [3.63, 3.8) is 0 Å². The normalized spacial score (nSPS) is 15.8. The van der Waals surface area contributed by atoms with E-state index < -0.39 is 27.6 Å². The minimum atomic E-state index is -3.64. The summed E-state index contributed by atoms with van der Waals surface area (Å²) in [5.74, 6) is -0.149. The monoisotopic (exact) mass is 401 g/mol. The Morgan fingerprint density at radius 3 is 2.54 bits per heavy atom. The van der Waals surface area contributed by atoms with Gasteiger partial charge in [0.15, 0.2) is 21.3 Å². The number of hydrogen-bond donors (Lipinski definition) is 1. The summed E-state index contributed by atoms with van der Waals surface area (Å²) in [6.45, 7) is 0.0201. The number of nitrogens with zero attached hydrogens (tertiary/aromatic N) is 2. The second-order valence-corrected chi connectivity index (χ2v) is 7.92. The first kappa shape index (κ1) is 18.0. The summed E-state index contributed by atoms with van der Waals surface area (Å²) >= 11 is 0. The number of aromatic nitrogens is 2. The zero-order chi connectivity index (χ0) is 19.6. The Bertz CT molecular complexity index is 1100. The Hall–Kier alpha value is -3.40. The summed E-state index contributed by atoms with van der Waals surface area (Å²) in [5, 5.41) is 9.75. The van der Waals surface area contributed by atoms with Gasteiger partial charge in [-0.15, -0.1) is 5.10 Å². The molecule has 4 rings (SSSR count). The number of hydrogen-bond acceptors (Lipinski definition) is 8. The molecule has 0 aliphatic carbocycles. The number of carbonyl (C=O) groups excluding carboxylic acids is 1. The standard InChI is InChI=1S/C18H15N3O6S/c22-17(15-10-25-13-8-4-5-9-14(13)26-15)19-18-21-20-16(27-18)11-28(23,24)12-6-2-1-3-7-12/h1-9,15H,10-11H2,(H,19,21,22)/t15-/m1/s1. The molecule has 3 aromatic rings. The van der Waals surface area contributed by atoms with E-state index in [1.807, 2.05) is 0 Å². The van der Waals surface area contributed by atoms with Gasteiger partial charge in [0.25, 0.3) is 5.91 Å². The molecule has 0 saturated heterocycles. The summed E-state index contributed by atoms with van der Waals surface area (Å²) in [5.41, 5.74) is 0. The van der Waals surface area contributed by atoms with Crippen molar-refractivity contribution < 1.29 is 27.1 Å². The lowest BCUT2D eigenvalue weighted by Crippen LogP contribution is -2.40. The smallest absolute Gasteiger partial charge is 0.322 e. The molecule has 144 valence electrons. The maximum Gasteiger partial charge on any atom is 0.322 e. The van der Waals surface area contributed by atoms with E-state index in [0.29, 0.717) is 11.5 Å². The van der Waals surface area contributed by atoms with Gasteiger partial charge in [-0.2, -0.15) is 0 Å². The van der Waals surface area contributed by atoms with Crippen LogP contribution >= 0.6 is 0 Å². The van der Waals surface area contributed by atoms with Crippen LogP contribution in [-0.4, -0.2) is 37.2 Å². The lowest BCUT2D eigenvalue weighted by molar-refractivity contribution is -0.125. The van der Waals surface area contributed by atoms with Crippen molar-refractivity contribution in [1.29, 1.82) is 0 Å². The van der Waals surface area contributed by atoms with Crippen molar-refractivity contribution in [3.8, 4) is 11.5 Å². The third-order valence-corrected chi connectivity index (χ3v) is 5.53. The second kappa shape index (κ2) is 7.31. The minimum Gasteiger partial charge on any atom is -0.485 e. The zero-order valence-corrected chi connectivity index (χ0v) is 15.3. The van der Waals surface area contributed by atoms with E-state index in [1.165, 1.54) is 12.1 Å². The fourth-order valence-electron chi connectivity index (χ4n) is 2.57. The van der Waals surface area contributed by atoms with E-state index in [4.69, 9.17) is 13.9 Å². The Kier molecular flexibility index (Phi) is 4.70. The Balaban J connectivity index is 1.41. The lowest BCUT2D eigenvalue weighted by atomic mass is 10.2. The third-order valence-electron chi connectivity index (χ3n) is 3.91. The molecule has 0 unspecified atom stereocenters. The van der Waals surface area contributed by atoms with Gasteiger partial charge < -0.3 is 13.9 Å². The molecular formula is C18H15N3O6S. The average Bonchev–Trinajstić information content (AvgIpc) is 3.14. The number of ether oxygens (including phenoxy) is 2. The molecule has 1 aromatic heterocycles. The van der Waals surface area contributed by atoms with Crippen molar-refractivity contribution in [2.24, 2.45) is 0 Å². The van der Waals surface area contributed by atoms with Gasteiger partial charge in [0.2, 0.25) is 12.0 Å². The molecule has 1 N–H and O–H groups in total. The molecule has 0 bridgehead atoms. The van der Waals surface area contributed by atoms with Crippen LogP contribution in [0.2, 0.25) is 0 Å². The highest BCUT2D eigenvalue weighted by atomic mass is 32.2. The van der Waals surface area contributed by atoms with Gasteiger partial charge in [-0.3, -0.25) is 10.1 Å². The first-order valence-corrected chi connectivity index (χ1v) is 9.96. The Morgan fingerprint density at radius 2 is 1.75 bits per heavy atom. The number of para-hydroxylation sites is 2. The summed E-state index contributed by atoms with van der Waals surface area (Å²) in [6, 6.07) is 14.7. The number of fused-ring (bicyclic) bond motifs is 1. The van der Waals surface area contributed by atoms with Crippen LogP contribution in [0.15, 0.2) is 63.9 Å². The van der Waals surface area contributed by atoms with E-state index in [1.54, 1.807) is 42.5 Å². The Morgan fingerprint density at radius 1 is 1.04 bits per heavy atom. The lowest BCUT2D eigenvalue weighted by Gasteiger charge is -2.24. The molecule has 1 atom stereocenters. The van der Waals surface area contributed by atoms with Crippen LogP contribution in [0.5, 0.6) is 11.5 Å². The molecule has 0 spiro atoms. The first-order chi connectivity index (χ1) is 13.5. The number of nitrogens with one attached hydrogen (secondary N) is 1. The third kappa shape index (κ3) is 3.81. The van der Waals surface area contributed by atoms with Crippen molar-refractivity contribution in [2.75, 3.05) is 11.9 Å². The molecule has 28 heavy (non-hydrogen) atoms. The number of benzene rings is 2. The molecule has 1 amide bonds. The van der Waals surface area contributed by atoms with E-state index in [9.17, 15) is 13.2 Å². The van der Waals surface area contributed by atoms with E-state index >= 15 is 0 Å². The van der Waals surface area contributed by atoms with E-state index in [2.05, 4.69) is 15.5 Å². The van der Waals surface area contributed by atoms with Gasteiger partial charge in [-0.1, -0.05) is 35.4 Å². The van der Waals surface area contributed by atoms with Crippen molar-refractivity contribution in [3.05, 3.63) is 60.5 Å². The first-order valence-electron chi connectivity index (χ1n) is 8.31. The van der Waals surface area contributed by atoms with Gasteiger partial charge in [0.05, 0.1) is 4.90 Å². The largest absolute Gasteiger partial charge is 0.485 e. The predicted octanol–water partition coefficient (Wildman–Crippen LogP) is 1.82. The van der Waals surface area contributed by atoms with Crippen molar-refractivity contribution in [2.45, 2.75) is 16.8 Å². The topological polar surface area (TPSA) is 121 Å². The maximum absolute atomic E-state index is 12.3. The quantitative estimate of drug-likeness (QED) is 0.687. The van der Waals surface area contributed by atoms with Crippen LogP contribution in [0.1, 0.15) is 5.89 Å². The molecule has 9 nitrogen and oxygen atoms in total. The minimum absolute atomic E-state index is 0.0201. The molecule has 2 heterocycles. The van der Waals surface area contributed by atoms with Crippen LogP contribution in [-0.2, 0) is 20.4 Å². The molecule has 0 fully saturated rings. The van der Waals surface area contributed by atoms with Crippen LogP contribution in [0.3, 0.4) is 0 Å². The second-order valence-electron chi connectivity index (χ2n) is 5.93. The molecule has 1 aliphatic heterocycles. The summed E-state index contributed by atoms with van der Waals surface area (Å²) < 4.78 is 41.0. The molecule has 1 aliphatic rings. The number of anilines is 1. The van der Waals surface area contributed by atoms with Gasteiger partial charge in [0, 0.05) is 0 Å². The van der Waals surface area contributed by atoms with Crippen molar-refractivity contribution in [1.82, 2.24) is 10.2 Å². The van der Waals surface area contributed by atoms with E-state index in [-0.39, 0.29) is 23.4 Å². The molecular weight excluding hydrogens is 386 g/mol. The fraction of sp³-hybridized carbons (Fsp3) is 0.167. The summed E-state index contributed by atoms with van der Waals surface area (Å²) in [6.07, 6.45) is -0.904. The number of sulfone groups is 1. The van der Waals surface area contributed by atoms with Gasteiger partial charge in [-0.05, 0) is 24.3 Å². The summed E-state index contributed by atoms with van der Waals surface area (Å²) in [7, 11) is -3.64. The zero-order valence-electron chi connectivity index (χ0n) is 14.4. The molecule has 0 saturated carbocycles. The van der Waals surface area contributed by atoms with Crippen LogP contribution in [0, 0.1) is 0 Å². The highest BCUT2D eigenvalue weighted by Crippen LogP contribution is 2.31. The highest BCUT2D eigenvalue weighted by Gasteiger charge is 2.28. The maximum atomic E-state index is 12.3. The SMILES string of the molecule is O=C(Nc1nnc(CS(=O)(=O)c2ccccc2)o1)[C@H]1COc2ccccc2O1. The molecule has 2 aromatic carbocycles. The number of rotatable bonds is 5. The van der Waals surface area contributed by atoms with Crippen LogP contribution in [0.25, 0.3) is 0 Å². The Labute approximate surface area is 160 Å². The average molecular weight is 401 g/mol. The van der Waals surface area contributed by atoms with E-state index in [0.717, 1.165) is 0 Å². The number of amides is 1. The van der Waals surface area contributed by atoms with Crippen molar-refractivity contribution >= 4 is 21.8 Å². The summed E-state index contributed by atoms with van der Waals surface area (Å²) in [4.78, 5) is 12.5.